The summed E-state index contributed by atoms with van der Waals surface area (Å²) in [6.07, 6.45) is 2.46. The molecule has 0 aliphatic heterocycles. The van der Waals surface area contributed by atoms with Gasteiger partial charge in [0.05, 0.1) is 11.1 Å². The van der Waals surface area contributed by atoms with Gasteiger partial charge in [-0.1, -0.05) is 31.2 Å². The van der Waals surface area contributed by atoms with Crippen LogP contribution in [0.1, 0.15) is 33.2 Å². The summed E-state index contributed by atoms with van der Waals surface area (Å²) in [6.45, 7) is 1.92. The van der Waals surface area contributed by atoms with E-state index in [1.165, 1.54) is 0 Å². The van der Waals surface area contributed by atoms with Crippen LogP contribution in [0.3, 0.4) is 0 Å². The van der Waals surface area contributed by atoms with Gasteiger partial charge in [0.25, 0.3) is 0 Å². The largest absolute Gasteiger partial charge is 0.366 e. The highest BCUT2D eigenvalue weighted by Gasteiger charge is 2.21. The zero-order chi connectivity index (χ0) is 16.6. The van der Waals surface area contributed by atoms with Crippen LogP contribution in [0.2, 0.25) is 0 Å². The van der Waals surface area contributed by atoms with Crippen molar-refractivity contribution in [1.82, 2.24) is 4.98 Å². The number of aromatic amines is 1. The molecule has 0 fully saturated rings. The molecule has 0 unspecified atom stereocenters. The normalized spacial score (nSPS) is 10.8. The standard InChI is InChI=1S/C18H17N3O2/c1-2-10-11(7-8-13(17(19)22)16(10)18(20)23)14-9-21-15-6-4-3-5-12(14)15/h3-9,21H,2H2,1H3,(H2,19,22)(H2,20,23). The molecule has 2 amide bonds. The lowest BCUT2D eigenvalue weighted by Crippen LogP contribution is -2.22. The Morgan fingerprint density at radius 3 is 2.39 bits per heavy atom. The van der Waals surface area contributed by atoms with Crippen molar-refractivity contribution in [3.63, 3.8) is 0 Å². The fourth-order valence-corrected chi connectivity index (χ4v) is 3.05. The van der Waals surface area contributed by atoms with E-state index < -0.39 is 11.8 Å². The van der Waals surface area contributed by atoms with E-state index >= 15 is 0 Å². The molecule has 2 aromatic carbocycles. The summed E-state index contributed by atoms with van der Waals surface area (Å²) >= 11 is 0. The number of aromatic nitrogens is 1. The summed E-state index contributed by atoms with van der Waals surface area (Å²) in [6, 6.07) is 11.3. The number of carbonyl (C=O) groups is 2. The first kappa shape index (κ1) is 14.8. The lowest BCUT2D eigenvalue weighted by molar-refractivity contribution is 0.0966. The molecule has 0 saturated heterocycles. The van der Waals surface area contributed by atoms with E-state index in [9.17, 15) is 9.59 Å². The topological polar surface area (TPSA) is 102 Å². The van der Waals surface area contributed by atoms with E-state index in [0.29, 0.717) is 6.42 Å². The molecule has 0 atom stereocenters. The van der Waals surface area contributed by atoms with E-state index in [1.807, 2.05) is 43.5 Å². The summed E-state index contributed by atoms with van der Waals surface area (Å²) in [5.41, 5.74) is 14.9. The predicted molar refractivity (Wildman–Crippen MR) is 90.1 cm³/mol. The number of nitrogens with two attached hydrogens (primary N) is 2. The predicted octanol–water partition coefficient (Wildman–Crippen LogP) is 2.60. The number of hydrogen-bond acceptors (Lipinski definition) is 2. The smallest absolute Gasteiger partial charge is 0.249 e. The maximum atomic E-state index is 11.9. The van der Waals surface area contributed by atoms with Gasteiger partial charge >= 0.3 is 0 Å². The van der Waals surface area contributed by atoms with Crippen LogP contribution in [0.5, 0.6) is 0 Å². The number of fused-ring (bicyclic) bond motifs is 1. The van der Waals surface area contributed by atoms with Crippen molar-refractivity contribution in [2.75, 3.05) is 0 Å². The number of H-pyrrole nitrogens is 1. The van der Waals surface area contributed by atoms with Crippen molar-refractivity contribution in [3.05, 3.63) is 59.3 Å². The Kier molecular flexibility index (Phi) is 3.62. The number of amides is 2. The van der Waals surface area contributed by atoms with Crippen molar-refractivity contribution in [2.45, 2.75) is 13.3 Å². The van der Waals surface area contributed by atoms with Gasteiger partial charge in [0.1, 0.15) is 0 Å². The Morgan fingerprint density at radius 2 is 1.74 bits per heavy atom. The van der Waals surface area contributed by atoms with Crippen LogP contribution in [-0.2, 0) is 6.42 Å². The average molecular weight is 307 g/mol. The van der Waals surface area contributed by atoms with Crippen LogP contribution in [-0.4, -0.2) is 16.8 Å². The molecule has 3 rings (SSSR count). The molecule has 0 saturated carbocycles. The molecule has 1 aromatic heterocycles. The minimum Gasteiger partial charge on any atom is -0.366 e. The van der Waals surface area contributed by atoms with Crippen LogP contribution in [0, 0.1) is 0 Å². The highest BCUT2D eigenvalue weighted by molar-refractivity contribution is 6.09. The van der Waals surface area contributed by atoms with E-state index in [2.05, 4.69) is 4.98 Å². The van der Waals surface area contributed by atoms with Crippen molar-refractivity contribution in [3.8, 4) is 11.1 Å². The second kappa shape index (κ2) is 5.61. The number of hydrogen-bond donors (Lipinski definition) is 3. The molecule has 23 heavy (non-hydrogen) atoms. The number of benzene rings is 2. The summed E-state index contributed by atoms with van der Waals surface area (Å²) in [4.78, 5) is 26.7. The van der Waals surface area contributed by atoms with Crippen LogP contribution in [0.4, 0.5) is 0 Å². The number of para-hydroxylation sites is 1. The van der Waals surface area contributed by atoms with Gasteiger partial charge in [-0.2, -0.15) is 0 Å². The van der Waals surface area contributed by atoms with Crippen molar-refractivity contribution in [2.24, 2.45) is 11.5 Å². The number of rotatable bonds is 4. The molecule has 5 heteroatoms. The van der Waals surface area contributed by atoms with Gasteiger partial charge in [-0.3, -0.25) is 9.59 Å². The van der Waals surface area contributed by atoms with E-state index in [-0.39, 0.29) is 11.1 Å². The van der Waals surface area contributed by atoms with E-state index in [4.69, 9.17) is 11.5 Å². The second-order valence-corrected chi connectivity index (χ2v) is 5.34. The lowest BCUT2D eigenvalue weighted by Gasteiger charge is -2.14. The fourth-order valence-electron chi connectivity index (χ4n) is 3.05. The molecule has 5 nitrogen and oxygen atoms in total. The summed E-state index contributed by atoms with van der Waals surface area (Å²) in [5.74, 6) is -1.30. The minimum atomic E-state index is -0.654. The van der Waals surface area contributed by atoms with E-state index in [1.54, 1.807) is 6.07 Å². The van der Waals surface area contributed by atoms with Gasteiger partial charge in [-0.05, 0) is 29.7 Å². The Bertz CT molecular complexity index is 925. The molecule has 0 bridgehead atoms. The second-order valence-electron chi connectivity index (χ2n) is 5.34. The third-order valence-corrected chi connectivity index (χ3v) is 4.06. The van der Waals surface area contributed by atoms with Gasteiger partial charge < -0.3 is 16.5 Å². The third kappa shape index (κ3) is 2.36. The molecular weight excluding hydrogens is 290 g/mol. The summed E-state index contributed by atoms with van der Waals surface area (Å²) in [7, 11) is 0. The zero-order valence-corrected chi connectivity index (χ0v) is 12.7. The summed E-state index contributed by atoms with van der Waals surface area (Å²) in [5, 5.41) is 1.05. The first-order valence-electron chi connectivity index (χ1n) is 7.36. The molecule has 0 aliphatic rings. The Labute approximate surface area is 133 Å². The molecular formula is C18H17N3O2. The van der Waals surface area contributed by atoms with Gasteiger partial charge in [0, 0.05) is 22.7 Å². The molecule has 5 N–H and O–H groups in total. The monoisotopic (exact) mass is 307 g/mol. The van der Waals surface area contributed by atoms with E-state index in [0.717, 1.165) is 27.6 Å². The quantitative estimate of drug-likeness (QED) is 0.689. The Morgan fingerprint density at radius 1 is 1.00 bits per heavy atom. The van der Waals surface area contributed by atoms with Crippen LogP contribution in [0.15, 0.2) is 42.6 Å². The minimum absolute atomic E-state index is 0.165. The highest BCUT2D eigenvalue weighted by Crippen LogP contribution is 2.34. The Hall–Kier alpha value is -3.08. The third-order valence-electron chi connectivity index (χ3n) is 4.06. The molecule has 0 radical (unpaired) electrons. The van der Waals surface area contributed by atoms with Crippen LogP contribution >= 0.6 is 0 Å². The number of nitrogens with one attached hydrogen (secondary N) is 1. The van der Waals surface area contributed by atoms with Gasteiger partial charge in [-0.15, -0.1) is 0 Å². The van der Waals surface area contributed by atoms with Crippen LogP contribution < -0.4 is 11.5 Å². The molecule has 0 aliphatic carbocycles. The molecule has 3 aromatic rings. The number of carbonyl (C=O) groups excluding carboxylic acids is 2. The maximum Gasteiger partial charge on any atom is 0.249 e. The van der Waals surface area contributed by atoms with Gasteiger partial charge in [0.2, 0.25) is 11.8 Å². The van der Waals surface area contributed by atoms with Gasteiger partial charge in [-0.25, -0.2) is 0 Å². The summed E-state index contributed by atoms with van der Waals surface area (Å²) < 4.78 is 0. The molecule has 116 valence electrons. The SMILES string of the molecule is CCc1c(-c2c[nH]c3ccccc23)ccc(C(N)=O)c1C(N)=O. The lowest BCUT2D eigenvalue weighted by atomic mass is 9.89. The maximum absolute atomic E-state index is 11.9. The van der Waals surface area contributed by atoms with Crippen molar-refractivity contribution in [1.29, 1.82) is 0 Å². The highest BCUT2D eigenvalue weighted by atomic mass is 16.2. The fraction of sp³-hybridized carbons (Fsp3) is 0.111. The molecule has 1 heterocycles. The number of primary amides is 2. The first-order chi connectivity index (χ1) is 11.0. The zero-order valence-electron chi connectivity index (χ0n) is 12.7. The Balaban J connectivity index is 2.34. The van der Waals surface area contributed by atoms with Crippen LogP contribution in [0.25, 0.3) is 22.0 Å². The molecule has 0 spiro atoms. The average Bonchev–Trinajstić information content (AvgIpc) is 2.96. The van der Waals surface area contributed by atoms with Crippen molar-refractivity contribution >= 4 is 22.7 Å². The first-order valence-corrected chi connectivity index (χ1v) is 7.36. The van der Waals surface area contributed by atoms with Gasteiger partial charge in [0.15, 0.2) is 0 Å². The van der Waals surface area contributed by atoms with Crippen molar-refractivity contribution < 1.29 is 9.59 Å².